The van der Waals surface area contributed by atoms with Gasteiger partial charge in [0.2, 0.25) is 0 Å². The number of rotatable bonds is 3. The number of allylic oxidation sites excluding steroid dienone is 12. The van der Waals surface area contributed by atoms with Crippen molar-refractivity contribution in [3.8, 4) is 33.4 Å². The summed E-state index contributed by atoms with van der Waals surface area (Å²) in [6.45, 7) is 4.80. The van der Waals surface area contributed by atoms with E-state index in [4.69, 9.17) is 0 Å². The second-order valence-electron chi connectivity index (χ2n) is 15.2. The standard InChI is InChI=1S/C49H40/c1-49(2)47-28-36(21-24-43(47)44-25-22-37(29-48(44)49)35-19-18-31-10-3-4-12-33(31)26-35)34-13-9-14-38(27-34)45-30-46-39-15-6-5-11-32(39)20-23-42(46)40-16-7-8-17-41(40)45/h3-30,32,39-42,46H,1-2H3. The van der Waals surface area contributed by atoms with Gasteiger partial charge in [0, 0.05) is 17.3 Å². The number of fused-ring (bicyclic) bond motifs is 9. The molecule has 5 aliphatic rings. The van der Waals surface area contributed by atoms with E-state index in [-0.39, 0.29) is 5.41 Å². The molecular weight excluding hydrogens is 589 g/mol. The van der Waals surface area contributed by atoms with E-state index in [1.54, 1.807) is 0 Å². The minimum atomic E-state index is -0.0918. The highest BCUT2D eigenvalue weighted by molar-refractivity contribution is 5.90. The Hall–Kier alpha value is -5.20. The van der Waals surface area contributed by atoms with Gasteiger partial charge in [-0.25, -0.2) is 0 Å². The van der Waals surface area contributed by atoms with E-state index in [9.17, 15) is 0 Å². The predicted molar refractivity (Wildman–Crippen MR) is 207 cm³/mol. The van der Waals surface area contributed by atoms with Crippen LogP contribution in [0.1, 0.15) is 30.5 Å². The lowest BCUT2D eigenvalue weighted by molar-refractivity contribution is 0.236. The molecule has 6 atom stereocenters. The van der Waals surface area contributed by atoms with Crippen LogP contribution in [0.3, 0.4) is 0 Å². The molecule has 0 saturated heterocycles. The lowest BCUT2D eigenvalue weighted by Crippen LogP contribution is -2.39. The molecule has 0 saturated carbocycles. The van der Waals surface area contributed by atoms with Crippen LogP contribution in [-0.4, -0.2) is 0 Å². The normalized spacial score (nSPS) is 26.4. The van der Waals surface area contributed by atoms with Crippen LogP contribution in [-0.2, 0) is 5.41 Å². The molecule has 0 heteroatoms. The third kappa shape index (κ3) is 4.50. The second kappa shape index (κ2) is 10.9. The fraction of sp³-hybridized carbons (Fsp3) is 0.184. The van der Waals surface area contributed by atoms with Crippen molar-refractivity contribution in [2.24, 2.45) is 35.5 Å². The van der Waals surface area contributed by atoms with Crippen molar-refractivity contribution in [1.82, 2.24) is 0 Å². The van der Waals surface area contributed by atoms with Crippen LogP contribution in [0.2, 0.25) is 0 Å². The molecule has 0 radical (unpaired) electrons. The summed E-state index contributed by atoms with van der Waals surface area (Å²) in [5.74, 6) is 2.96. The lowest BCUT2D eigenvalue weighted by atomic mass is 9.57. The Morgan fingerprint density at radius 3 is 1.86 bits per heavy atom. The van der Waals surface area contributed by atoms with Gasteiger partial charge in [0.05, 0.1) is 0 Å². The monoisotopic (exact) mass is 628 g/mol. The molecule has 0 amide bonds. The molecule has 0 aliphatic heterocycles. The minimum Gasteiger partial charge on any atom is -0.0836 e. The van der Waals surface area contributed by atoms with Crippen molar-refractivity contribution >= 4 is 16.3 Å². The van der Waals surface area contributed by atoms with E-state index >= 15 is 0 Å². The minimum absolute atomic E-state index is 0.0918. The Kier molecular flexibility index (Phi) is 6.41. The first-order valence-corrected chi connectivity index (χ1v) is 18.0. The summed E-state index contributed by atoms with van der Waals surface area (Å²) in [4.78, 5) is 0. The average Bonchev–Trinajstić information content (AvgIpc) is 3.39. The zero-order chi connectivity index (χ0) is 32.7. The molecule has 0 spiro atoms. The van der Waals surface area contributed by atoms with E-state index in [0.717, 1.165) is 0 Å². The second-order valence-corrected chi connectivity index (χ2v) is 15.2. The predicted octanol–water partition coefficient (Wildman–Crippen LogP) is 12.4. The Bertz CT molecular complexity index is 2350. The summed E-state index contributed by atoms with van der Waals surface area (Å²) in [6.07, 6.45) is 26.4. The third-order valence-electron chi connectivity index (χ3n) is 12.3. The van der Waals surface area contributed by atoms with Gasteiger partial charge in [0.15, 0.2) is 0 Å². The molecule has 5 aliphatic carbocycles. The van der Waals surface area contributed by atoms with E-state index in [1.807, 2.05) is 0 Å². The fourth-order valence-corrected chi connectivity index (χ4v) is 9.72. The van der Waals surface area contributed by atoms with E-state index in [0.29, 0.717) is 35.5 Å². The van der Waals surface area contributed by atoms with Crippen molar-refractivity contribution in [2.75, 3.05) is 0 Å². The SMILES string of the molecule is CC1(C)c2cc(-c3cccc(C4=CC5C6C=CC=CC6C=CC5C5C=CC=CC45)c3)ccc2-c2ccc(-c3ccc4ccccc4c3)cc21. The molecule has 49 heavy (non-hydrogen) atoms. The Morgan fingerprint density at radius 1 is 0.429 bits per heavy atom. The summed E-state index contributed by atoms with van der Waals surface area (Å²) in [5.41, 5.74) is 13.4. The number of hydrogen-bond acceptors (Lipinski definition) is 0. The molecule has 10 rings (SSSR count). The maximum Gasteiger partial charge on any atom is 0.0159 e. The maximum absolute atomic E-state index is 2.65. The van der Waals surface area contributed by atoms with E-state index in [1.165, 1.54) is 66.4 Å². The molecule has 6 unspecified atom stereocenters. The van der Waals surface area contributed by atoms with Gasteiger partial charge in [-0.05, 0) is 114 Å². The molecule has 5 aromatic carbocycles. The molecule has 0 bridgehead atoms. The van der Waals surface area contributed by atoms with E-state index in [2.05, 4.69) is 184 Å². The Morgan fingerprint density at radius 2 is 1.06 bits per heavy atom. The zero-order valence-electron chi connectivity index (χ0n) is 28.1. The van der Waals surface area contributed by atoms with Crippen molar-refractivity contribution in [2.45, 2.75) is 19.3 Å². The first-order chi connectivity index (χ1) is 24.0. The van der Waals surface area contributed by atoms with Gasteiger partial charge in [0.1, 0.15) is 0 Å². The first kappa shape index (κ1) is 28.8. The van der Waals surface area contributed by atoms with Crippen LogP contribution in [0.4, 0.5) is 0 Å². The topological polar surface area (TPSA) is 0 Å². The van der Waals surface area contributed by atoms with Crippen molar-refractivity contribution < 1.29 is 0 Å². The fourth-order valence-electron chi connectivity index (χ4n) is 9.72. The van der Waals surface area contributed by atoms with Crippen LogP contribution >= 0.6 is 0 Å². The van der Waals surface area contributed by atoms with Crippen LogP contribution in [0.15, 0.2) is 170 Å². The van der Waals surface area contributed by atoms with Crippen molar-refractivity contribution in [3.63, 3.8) is 0 Å². The van der Waals surface area contributed by atoms with Gasteiger partial charge in [-0.3, -0.25) is 0 Å². The molecule has 0 N–H and O–H groups in total. The van der Waals surface area contributed by atoms with Crippen LogP contribution in [0.5, 0.6) is 0 Å². The summed E-state index contributed by atoms with van der Waals surface area (Å²) in [5, 5.41) is 2.57. The number of benzene rings is 5. The molecule has 0 fully saturated rings. The lowest BCUT2D eigenvalue weighted by Gasteiger charge is -2.46. The summed E-state index contributed by atoms with van der Waals surface area (Å²) in [7, 11) is 0. The summed E-state index contributed by atoms with van der Waals surface area (Å²) >= 11 is 0. The number of hydrogen-bond donors (Lipinski definition) is 0. The molecule has 0 heterocycles. The van der Waals surface area contributed by atoms with Crippen LogP contribution < -0.4 is 0 Å². The third-order valence-corrected chi connectivity index (χ3v) is 12.3. The highest BCUT2D eigenvalue weighted by Crippen LogP contribution is 2.53. The van der Waals surface area contributed by atoms with Crippen LogP contribution in [0, 0.1) is 35.5 Å². The first-order valence-electron chi connectivity index (χ1n) is 18.0. The molecule has 0 nitrogen and oxygen atoms in total. The van der Waals surface area contributed by atoms with E-state index < -0.39 is 0 Å². The van der Waals surface area contributed by atoms with Gasteiger partial charge in [-0.2, -0.15) is 0 Å². The maximum atomic E-state index is 2.65. The molecular formula is C49H40. The summed E-state index contributed by atoms with van der Waals surface area (Å²) in [6, 6.07) is 39.1. The Balaban J connectivity index is 1.01. The van der Waals surface area contributed by atoms with Gasteiger partial charge < -0.3 is 0 Å². The van der Waals surface area contributed by atoms with Gasteiger partial charge in [-0.15, -0.1) is 0 Å². The highest BCUT2D eigenvalue weighted by Gasteiger charge is 2.43. The highest BCUT2D eigenvalue weighted by atomic mass is 14.5. The Labute approximate surface area is 290 Å². The quantitative estimate of drug-likeness (QED) is 0.174. The van der Waals surface area contributed by atoms with Crippen molar-refractivity contribution in [1.29, 1.82) is 0 Å². The molecule has 236 valence electrons. The average molecular weight is 629 g/mol. The van der Waals surface area contributed by atoms with Gasteiger partial charge in [-0.1, -0.05) is 160 Å². The molecule has 5 aromatic rings. The summed E-state index contributed by atoms with van der Waals surface area (Å²) < 4.78 is 0. The molecule has 0 aromatic heterocycles. The van der Waals surface area contributed by atoms with Gasteiger partial charge in [0.25, 0.3) is 0 Å². The smallest absolute Gasteiger partial charge is 0.0159 e. The van der Waals surface area contributed by atoms with Crippen molar-refractivity contribution in [3.05, 3.63) is 187 Å². The van der Waals surface area contributed by atoms with Crippen LogP contribution in [0.25, 0.3) is 49.7 Å². The largest absolute Gasteiger partial charge is 0.0836 e. The van der Waals surface area contributed by atoms with Gasteiger partial charge >= 0.3 is 0 Å². The zero-order valence-corrected chi connectivity index (χ0v) is 28.1.